The van der Waals surface area contributed by atoms with Crippen molar-refractivity contribution in [2.45, 2.75) is 29.5 Å². The van der Waals surface area contributed by atoms with Gasteiger partial charge >= 0.3 is 4.87 Å². The molecule has 8 rings (SSSR count). The maximum Gasteiger partial charge on any atom is 0.305 e. The van der Waals surface area contributed by atoms with Crippen LogP contribution in [0.1, 0.15) is 28.3 Å². The number of carbonyl (C=O) groups excluding carboxylic acids is 3. The molecule has 7 atom stereocenters. The number of hydrogen-bond acceptors (Lipinski definition) is 7. The molecule has 2 N–H and O–H groups in total. The molecule has 228 valence electrons. The number of nitrogens with one attached hydrogen (secondary N) is 2. The molecule has 2 aliphatic carbocycles. The first-order valence-electron chi connectivity index (χ1n) is 14.9. The van der Waals surface area contributed by atoms with Crippen LogP contribution < -0.4 is 19.8 Å². The summed E-state index contributed by atoms with van der Waals surface area (Å²) in [6.45, 7) is 1.81. The number of benzene rings is 3. The number of fused-ring (bicyclic) bond motifs is 9. The normalized spacial score (nSPS) is 27.7. The predicted molar refractivity (Wildman–Crippen MR) is 169 cm³/mol. The number of halogens is 1. The quantitative estimate of drug-likeness (QED) is 0.266. The van der Waals surface area contributed by atoms with Crippen molar-refractivity contribution < 1.29 is 23.5 Å². The number of H-pyrrole nitrogens is 1. The number of aryl methyl sites for hydroxylation is 1. The number of carbonyl (C=O) groups is 3. The summed E-state index contributed by atoms with van der Waals surface area (Å²) in [7, 11) is 0. The van der Waals surface area contributed by atoms with Gasteiger partial charge in [-0.05, 0) is 85.2 Å². The van der Waals surface area contributed by atoms with E-state index < -0.39 is 17.7 Å². The van der Waals surface area contributed by atoms with Crippen LogP contribution in [0.2, 0.25) is 0 Å². The van der Waals surface area contributed by atoms with Crippen LogP contribution in [-0.4, -0.2) is 34.6 Å². The minimum Gasteiger partial charge on any atom is -0.484 e. The van der Waals surface area contributed by atoms with Crippen LogP contribution in [0.5, 0.6) is 5.75 Å². The van der Waals surface area contributed by atoms with E-state index in [2.05, 4.69) is 10.3 Å². The number of anilines is 2. The van der Waals surface area contributed by atoms with Crippen LogP contribution >= 0.6 is 23.1 Å². The van der Waals surface area contributed by atoms with Gasteiger partial charge in [-0.3, -0.25) is 24.1 Å². The van der Waals surface area contributed by atoms with Crippen LogP contribution in [-0.2, 0) is 14.4 Å². The molecule has 0 spiro atoms. The van der Waals surface area contributed by atoms with E-state index in [1.807, 2.05) is 49.4 Å². The minimum atomic E-state index is -0.459. The highest BCUT2D eigenvalue weighted by molar-refractivity contribution is 8.00. The molecule has 4 aliphatic rings. The molecule has 11 heteroatoms. The fourth-order valence-electron chi connectivity index (χ4n) is 8.02. The molecule has 2 aliphatic heterocycles. The molecule has 0 radical (unpaired) electrons. The predicted octanol–water partition coefficient (Wildman–Crippen LogP) is 5.58. The molecule has 3 aromatic carbocycles. The van der Waals surface area contributed by atoms with Gasteiger partial charge in [-0.2, -0.15) is 0 Å². The molecule has 3 fully saturated rings. The Morgan fingerprint density at radius 1 is 1.00 bits per heavy atom. The fourth-order valence-corrected chi connectivity index (χ4v) is 10.9. The second-order valence-electron chi connectivity index (χ2n) is 12.2. The van der Waals surface area contributed by atoms with Gasteiger partial charge < -0.3 is 15.0 Å². The Balaban J connectivity index is 1.08. The van der Waals surface area contributed by atoms with E-state index in [-0.39, 0.29) is 58.1 Å². The smallest absolute Gasteiger partial charge is 0.305 e. The van der Waals surface area contributed by atoms with Crippen molar-refractivity contribution in [1.29, 1.82) is 0 Å². The first-order valence-corrected chi connectivity index (χ1v) is 16.6. The highest BCUT2D eigenvalue weighted by Crippen LogP contribution is 2.68. The Labute approximate surface area is 266 Å². The summed E-state index contributed by atoms with van der Waals surface area (Å²) in [6.07, 6.45) is 0.761. The molecular weight excluding hydrogens is 614 g/mol. The number of aromatic nitrogens is 1. The Bertz CT molecular complexity index is 1910. The lowest BCUT2D eigenvalue weighted by Crippen LogP contribution is -2.42. The van der Waals surface area contributed by atoms with Crippen molar-refractivity contribution >= 4 is 52.2 Å². The van der Waals surface area contributed by atoms with Crippen molar-refractivity contribution in [2.75, 3.05) is 16.8 Å². The third kappa shape index (κ3) is 4.63. The maximum absolute atomic E-state index is 13.9. The standard InChI is InChI=1S/C34H28FN3O5S2/c1-16-5-9-19(10-6-16)36-24(39)15-43-21-4-2-3-17(13-21)25-26-22-14-23(29(26)44-31-30(25)45-34(42)37-31)28-27(22)32(40)38(33(28)41)20-11-7-18(35)8-12-20/h2-13,22-23,25-29H,14-15H2,1H3,(H,36,39)(H,37,42)/t22-,23-,25+,26-,27+,28+,29-/m1/s1. The molecule has 3 heterocycles. The summed E-state index contributed by atoms with van der Waals surface area (Å²) >= 11 is 2.81. The second kappa shape index (κ2) is 10.7. The SMILES string of the molecule is Cc1ccc(NC(=O)COc2cccc([C@@H]3c4sc(=O)[nH]c4S[C@@H]4[C@@H]5C[C@@H]([C@@H]6C(=O)N(c7ccc(F)cc7)C(=O)[C@@H]56)[C@H]34)c2)cc1. The summed E-state index contributed by atoms with van der Waals surface area (Å²) in [5.41, 5.74) is 3.12. The maximum atomic E-state index is 13.9. The van der Waals surface area contributed by atoms with Gasteiger partial charge in [-0.25, -0.2) is 4.39 Å². The van der Waals surface area contributed by atoms with Gasteiger partial charge in [0, 0.05) is 21.7 Å². The first kappa shape index (κ1) is 28.3. The average molecular weight is 642 g/mol. The molecule has 2 saturated carbocycles. The largest absolute Gasteiger partial charge is 0.484 e. The Morgan fingerprint density at radius 2 is 1.73 bits per heavy atom. The van der Waals surface area contributed by atoms with E-state index in [1.54, 1.807) is 17.8 Å². The molecule has 1 aromatic heterocycles. The Kier molecular flexibility index (Phi) is 6.72. The molecule has 2 bridgehead atoms. The van der Waals surface area contributed by atoms with Crippen LogP contribution in [0.25, 0.3) is 0 Å². The van der Waals surface area contributed by atoms with Crippen LogP contribution in [0, 0.1) is 42.3 Å². The lowest BCUT2D eigenvalue weighted by Gasteiger charge is -2.43. The fraction of sp³-hybridized carbons (Fsp3) is 0.294. The van der Waals surface area contributed by atoms with Crippen molar-refractivity contribution in [2.24, 2.45) is 29.6 Å². The van der Waals surface area contributed by atoms with Crippen molar-refractivity contribution in [3.8, 4) is 5.75 Å². The lowest BCUT2D eigenvalue weighted by atomic mass is 9.68. The summed E-state index contributed by atoms with van der Waals surface area (Å²) < 4.78 is 19.6. The molecular formula is C34H28FN3O5S2. The van der Waals surface area contributed by atoms with Crippen LogP contribution in [0.15, 0.2) is 82.6 Å². The summed E-state index contributed by atoms with van der Waals surface area (Å²) in [4.78, 5) is 57.9. The summed E-state index contributed by atoms with van der Waals surface area (Å²) in [6, 6.07) is 20.6. The van der Waals surface area contributed by atoms with E-state index in [0.29, 0.717) is 17.1 Å². The van der Waals surface area contributed by atoms with E-state index in [4.69, 9.17) is 4.74 Å². The zero-order valence-electron chi connectivity index (χ0n) is 24.1. The number of ether oxygens (including phenoxy) is 1. The Hall–Kier alpha value is -4.22. The van der Waals surface area contributed by atoms with Crippen molar-refractivity contribution in [1.82, 2.24) is 4.98 Å². The monoisotopic (exact) mass is 641 g/mol. The second-order valence-corrected chi connectivity index (χ2v) is 14.4. The number of aromatic amines is 1. The van der Waals surface area contributed by atoms with Gasteiger partial charge in [0.25, 0.3) is 5.91 Å². The minimum absolute atomic E-state index is 0.0187. The van der Waals surface area contributed by atoms with Crippen molar-refractivity contribution in [3.05, 3.63) is 104 Å². The van der Waals surface area contributed by atoms with Crippen molar-refractivity contribution in [3.63, 3.8) is 0 Å². The zero-order chi connectivity index (χ0) is 31.0. The van der Waals surface area contributed by atoms with Gasteiger partial charge in [-0.1, -0.05) is 41.2 Å². The number of imide groups is 1. The number of nitrogens with zero attached hydrogens (tertiary/aromatic N) is 1. The van der Waals surface area contributed by atoms with Gasteiger partial charge in [-0.15, -0.1) is 11.8 Å². The zero-order valence-corrected chi connectivity index (χ0v) is 25.7. The van der Waals surface area contributed by atoms with E-state index >= 15 is 0 Å². The van der Waals surface area contributed by atoms with Gasteiger partial charge in [0.1, 0.15) is 11.6 Å². The molecule has 1 saturated heterocycles. The summed E-state index contributed by atoms with van der Waals surface area (Å²) in [5.74, 6) is -1.76. The van der Waals surface area contributed by atoms with Gasteiger partial charge in [0.05, 0.1) is 22.5 Å². The topological polar surface area (TPSA) is 109 Å². The van der Waals surface area contributed by atoms with Crippen LogP contribution in [0.4, 0.5) is 15.8 Å². The third-order valence-corrected chi connectivity index (χ3v) is 12.3. The van der Waals surface area contributed by atoms with Gasteiger partial charge in [0.2, 0.25) is 11.8 Å². The number of amides is 3. The highest BCUT2D eigenvalue weighted by atomic mass is 32.2. The molecule has 4 aromatic rings. The lowest BCUT2D eigenvalue weighted by molar-refractivity contribution is -0.123. The van der Waals surface area contributed by atoms with Gasteiger partial charge in [0.15, 0.2) is 6.61 Å². The molecule has 0 unspecified atom stereocenters. The number of hydrogen-bond donors (Lipinski definition) is 2. The highest BCUT2D eigenvalue weighted by Gasteiger charge is 2.69. The first-order chi connectivity index (χ1) is 21.8. The van der Waals surface area contributed by atoms with E-state index in [1.165, 1.54) is 40.5 Å². The average Bonchev–Trinajstić information content (AvgIpc) is 3.77. The van der Waals surface area contributed by atoms with E-state index in [9.17, 15) is 23.6 Å². The molecule has 3 amide bonds. The number of thioether (sulfide) groups is 1. The number of thiazole rings is 1. The Morgan fingerprint density at radius 3 is 2.49 bits per heavy atom. The third-order valence-electron chi connectivity index (χ3n) is 9.73. The number of rotatable bonds is 6. The van der Waals surface area contributed by atoms with E-state index in [0.717, 1.165) is 27.5 Å². The van der Waals surface area contributed by atoms with Crippen LogP contribution in [0.3, 0.4) is 0 Å². The molecule has 8 nitrogen and oxygen atoms in total. The summed E-state index contributed by atoms with van der Waals surface area (Å²) in [5, 5.41) is 3.69. The molecule has 45 heavy (non-hydrogen) atoms.